The van der Waals surface area contributed by atoms with Gasteiger partial charge in [0.15, 0.2) is 0 Å². The van der Waals surface area contributed by atoms with Gasteiger partial charge in [0.05, 0.1) is 23.0 Å². The summed E-state index contributed by atoms with van der Waals surface area (Å²) in [5, 5.41) is 16.9. The fourth-order valence-corrected chi connectivity index (χ4v) is 3.66. The van der Waals surface area contributed by atoms with Gasteiger partial charge in [-0.3, -0.25) is 9.78 Å². The molecule has 0 aliphatic carbocycles. The molecule has 6 heteroatoms. The number of carbonyl (C=O) groups is 1. The molecular formula is C26H18N4O2. The number of nitrogens with one attached hydrogen (secondary N) is 1. The van der Waals surface area contributed by atoms with E-state index in [0.717, 1.165) is 21.7 Å². The van der Waals surface area contributed by atoms with Crippen molar-refractivity contribution >= 4 is 33.8 Å². The highest BCUT2D eigenvalue weighted by molar-refractivity contribution is 6.08. The fraction of sp³-hybridized carbons (Fsp3) is 0. The molecular weight excluding hydrogens is 400 g/mol. The minimum atomic E-state index is -0.371. The van der Waals surface area contributed by atoms with Crippen molar-refractivity contribution in [3.8, 4) is 17.0 Å². The summed E-state index contributed by atoms with van der Waals surface area (Å²) in [4.78, 5) is 21.9. The van der Waals surface area contributed by atoms with Crippen molar-refractivity contribution in [2.75, 3.05) is 0 Å². The lowest BCUT2D eigenvalue weighted by atomic mass is 10.0. The predicted octanol–water partition coefficient (Wildman–Crippen LogP) is 4.92. The molecule has 2 N–H and O–H groups in total. The Morgan fingerprint density at radius 3 is 2.59 bits per heavy atom. The third-order valence-corrected chi connectivity index (χ3v) is 5.23. The van der Waals surface area contributed by atoms with E-state index in [2.05, 4.69) is 20.5 Å². The maximum atomic E-state index is 13.1. The number of amides is 1. The Balaban J connectivity index is 1.50. The number of hydrogen-bond donors (Lipinski definition) is 2. The summed E-state index contributed by atoms with van der Waals surface area (Å²) in [6, 6.07) is 24.0. The van der Waals surface area contributed by atoms with Crippen LogP contribution in [0.5, 0.6) is 5.75 Å². The van der Waals surface area contributed by atoms with E-state index in [-0.39, 0.29) is 11.7 Å². The summed E-state index contributed by atoms with van der Waals surface area (Å²) in [7, 11) is 0. The molecule has 0 fully saturated rings. The van der Waals surface area contributed by atoms with Gasteiger partial charge in [0.25, 0.3) is 5.91 Å². The number of rotatable bonds is 4. The van der Waals surface area contributed by atoms with Gasteiger partial charge in [-0.05, 0) is 41.1 Å². The number of hydrazone groups is 1. The first-order chi connectivity index (χ1) is 15.7. The van der Waals surface area contributed by atoms with Crippen LogP contribution in [0.15, 0.2) is 96.4 Å². The third-order valence-electron chi connectivity index (χ3n) is 5.23. The van der Waals surface area contributed by atoms with Crippen LogP contribution in [0.1, 0.15) is 15.9 Å². The van der Waals surface area contributed by atoms with Crippen LogP contribution in [0.25, 0.3) is 32.9 Å². The van der Waals surface area contributed by atoms with Crippen molar-refractivity contribution in [2.45, 2.75) is 0 Å². The van der Waals surface area contributed by atoms with Crippen molar-refractivity contribution < 1.29 is 9.90 Å². The van der Waals surface area contributed by atoms with Gasteiger partial charge in [-0.25, -0.2) is 10.4 Å². The molecule has 5 aromatic rings. The Morgan fingerprint density at radius 1 is 0.938 bits per heavy atom. The van der Waals surface area contributed by atoms with E-state index in [4.69, 9.17) is 0 Å². The molecule has 0 atom stereocenters. The van der Waals surface area contributed by atoms with Crippen LogP contribution in [-0.2, 0) is 0 Å². The highest BCUT2D eigenvalue weighted by Crippen LogP contribution is 2.26. The average molecular weight is 418 g/mol. The molecule has 0 saturated carbocycles. The van der Waals surface area contributed by atoms with Crippen molar-refractivity contribution in [2.24, 2.45) is 5.10 Å². The summed E-state index contributed by atoms with van der Waals surface area (Å²) < 4.78 is 0. The second kappa shape index (κ2) is 8.28. The Kier molecular flexibility index (Phi) is 5.01. The molecule has 0 aliphatic heterocycles. The Labute approximate surface area is 183 Å². The first kappa shape index (κ1) is 19.4. The number of fused-ring (bicyclic) bond motifs is 2. The predicted molar refractivity (Wildman–Crippen MR) is 126 cm³/mol. The van der Waals surface area contributed by atoms with E-state index in [1.54, 1.807) is 24.5 Å². The van der Waals surface area contributed by atoms with Gasteiger partial charge in [0.1, 0.15) is 5.75 Å². The molecule has 2 heterocycles. The fourth-order valence-electron chi connectivity index (χ4n) is 3.66. The Hall–Kier alpha value is -4.58. The smallest absolute Gasteiger partial charge is 0.272 e. The largest absolute Gasteiger partial charge is 0.507 e. The molecule has 3 aromatic carbocycles. The Bertz CT molecular complexity index is 1480. The van der Waals surface area contributed by atoms with Crippen molar-refractivity contribution in [1.29, 1.82) is 0 Å². The van der Waals surface area contributed by atoms with Crippen LogP contribution in [0, 0.1) is 0 Å². The molecule has 0 saturated heterocycles. The van der Waals surface area contributed by atoms with Crippen LogP contribution < -0.4 is 5.43 Å². The van der Waals surface area contributed by atoms with Crippen LogP contribution in [0.3, 0.4) is 0 Å². The number of phenolic OH excluding ortho intramolecular Hbond substituents is 1. The van der Waals surface area contributed by atoms with E-state index in [9.17, 15) is 9.90 Å². The lowest BCUT2D eigenvalue weighted by molar-refractivity contribution is 0.0956. The lowest BCUT2D eigenvalue weighted by Crippen LogP contribution is -2.18. The molecule has 32 heavy (non-hydrogen) atoms. The minimum Gasteiger partial charge on any atom is -0.507 e. The molecule has 6 nitrogen and oxygen atoms in total. The van der Waals surface area contributed by atoms with E-state index in [0.29, 0.717) is 22.3 Å². The summed E-state index contributed by atoms with van der Waals surface area (Å²) in [6.07, 6.45) is 4.86. The van der Waals surface area contributed by atoms with Gasteiger partial charge in [-0.15, -0.1) is 0 Å². The molecule has 2 aromatic heterocycles. The van der Waals surface area contributed by atoms with Crippen LogP contribution in [0.4, 0.5) is 0 Å². The van der Waals surface area contributed by atoms with Crippen molar-refractivity contribution in [3.63, 3.8) is 0 Å². The van der Waals surface area contributed by atoms with Crippen LogP contribution in [-0.4, -0.2) is 27.2 Å². The van der Waals surface area contributed by atoms with Crippen LogP contribution in [0.2, 0.25) is 0 Å². The van der Waals surface area contributed by atoms with Gasteiger partial charge < -0.3 is 5.11 Å². The van der Waals surface area contributed by atoms with Crippen molar-refractivity contribution in [1.82, 2.24) is 15.4 Å². The second-order valence-corrected chi connectivity index (χ2v) is 7.23. The molecule has 0 spiro atoms. The SMILES string of the molecule is O=C(N/N=C/c1c(O)ccc2ccccc12)c1cc(-c2cccnc2)nc2ccccc12. The highest BCUT2D eigenvalue weighted by Gasteiger charge is 2.14. The van der Waals surface area contributed by atoms with E-state index >= 15 is 0 Å². The summed E-state index contributed by atoms with van der Waals surface area (Å²) in [5.41, 5.74) is 5.75. The number of para-hydroxylation sites is 1. The zero-order chi connectivity index (χ0) is 21.9. The minimum absolute atomic E-state index is 0.0925. The first-order valence-electron chi connectivity index (χ1n) is 10.0. The van der Waals surface area contributed by atoms with Gasteiger partial charge in [0.2, 0.25) is 0 Å². The average Bonchev–Trinajstić information content (AvgIpc) is 2.85. The number of hydrogen-bond acceptors (Lipinski definition) is 5. The second-order valence-electron chi connectivity index (χ2n) is 7.23. The van der Waals surface area contributed by atoms with Gasteiger partial charge in [0, 0.05) is 28.9 Å². The lowest BCUT2D eigenvalue weighted by Gasteiger charge is -2.09. The summed E-state index contributed by atoms with van der Waals surface area (Å²) >= 11 is 0. The number of benzene rings is 3. The van der Waals surface area contributed by atoms with Gasteiger partial charge >= 0.3 is 0 Å². The molecule has 154 valence electrons. The molecule has 0 bridgehead atoms. The molecule has 0 unspecified atom stereocenters. The number of phenols is 1. The molecule has 0 radical (unpaired) electrons. The number of pyridine rings is 2. The molecule has 0 aliphatic rings. The maximum Gasteiger partial charge on any atom is 0.272 e. The monoisotopic (exact) mass is 418 g/mol. The zero-order valence-corrected chi connectivity index (χ0v) is 16.9. The molecule has 1 amide bonds. The standard InChI is InChI=1S/C26H18N4O2/c31-25-12-11-17-6-1-2-8-19(17)22(25)16-28-30-26(32)21-14-24(18-7-5-13-27-15-18)29-23-10-4-3-9-20(21)23/h1-16,31H,(H,30,32)/b28-16+. The maximum absolute atomic E-state index is 13.1. The van der Waals surface area contributed by atoms with E-state index in [1.165, 1.54) is 6.21 Å². The van der Waals surface area contributed by atoms with E-state index < -0.39 is 0 Å². The van der Waals surface area contributed by atoms with Crippen LogP contribution >= 0.6 is 0 Å². The first-order valence-corrected chi connectivity index (χ1v) is 10.0. The third kappa shape index (κ3) is 3.65. The summed E-state index contributed by atoms with van der Waals surface area (Å²) in [6.45, 7) is 0. The number of carbonyl (C=O) groups excluding carboxylic acids is 1. The topological polar surface area (TPSA) is 87.5 Å². The number of aromatic hydroxyl groups is 1. The molecule has 5 rings (SSSR count). The van der Waals surface area contributed by atoms with E-state index in [1.807, 2.05) is 66.7 Å². The van der Waals surface area contributed by atoms with Crippen molar-refractivity contribution in [3.05, 3.63) is 102 Å². The summed E-state index contributed by atoms with van der Waals surface area (Å²) in [5.74, 6) is -0.278. The number of nitrogens with zero attached hydrogens (tertiary/aromatic N) is 3. The highest BCUT2D eigenvalue weighted by atomic mass is 16.3. The normalized spacial score (nSPS) is 11.2. The number of aromatic nitrogens is 2. The quantitative estimate of drug-likeness (QED) is 0.320. The Morgan fingerprint density at radius 2 is 1.75 bits per heavy atom. The zero-order valence-electron chi connectivity index (χ0n) is 16.9. The van der Waals surface area contributed by atoms with Gasteiger partial charge in [-0.2, -0.15) is 5.10 Å². The van der Waals surface area contributed by atoms with Gasteiger partial charge in [-0.1, -0.05) is 48.5 Å².